The van der Waals surface area contributed by atoms with Crippen LogP contribution in [0.5, 0.6) is 23.0 Å². The molecule has 1 aliphatic rings. The Balaban J connectivity index is 0.00000338. The SMILES string of the molecule is COc1ccccc1CN1CCN(Cc2ccccc2OC)CCN(Cc2ccccc2OC)CCN(Cc2ccccc2OC)CC1.O.[Cl-].[Cl-].[Cu+2]. The van der Waals surface area contributed by atoms with Crippen molar-refractivity contribution in [2.75, 3.05) is 80.8 Å². The molecule has 4 aromatic rings. The Morgan fingerprint density at radius 2 is 0.538 bits per heavy atom. The number of methoxy groups -OCH3 is 4. The molecule has 4 aromatic carbocycles. The monoisotopic (exact) mass is 803 g/mol. The van der Waals surface area contributed by atoms with Crippen LogP contribution in [0.1, 0.15) is 22.3 Å². The third kappa shape index (κ3) is 13.8. The van der Waals surface area contributed by atoms with Crippen LogP contribution in [0.4, 0.5) is 0 Å². The van der Waals surface area contributed by atoms with Gasteiger partial charge >= 0.3 is 17.1 Å². The minimum Gasteiger partial charge on any atom is -1.00 e. The molecule has 0 unspecified atom stereocenters. The van der Waals surface area contributed by atoms with Gasteiger partial charge in [0.2, 0.25) is 0 Å². The second-order valence-corrected chi connectivity index (χ2v) is 12.4. The molecule has 9 nitrogen and oxygen atoms in total. The summed E-state index contributed by atoms with van der Waals surface area (Å²) in [5.41, 5.74) is 4.84. The maximum absolute atomic E-state index is 5.76. The number of halogens is 2. The molecule has 12 heteroatoms. The number of hydrogen-bond donors (Lipinski definition) is 0. The predicted molar refractivity (Wildman–Crippen MR) is 197 cm³/mol. The van der Waals surface area contributed by atoms with Gasteiger partial charge in [0, 0.05) is 101 Å². The van der Waals surface area contributed by atoms with Gasteiger partial charge in [-0.3, -0.25) is 19.6 Å². The fraction of sp³-hybridized carbons (Fsp3) is 0.400. The molecule has 1 aliphatic heterocycles. The first kappa shape index (κ1) is 47.0. The van der Waals surface area contributed by atoms with E-state index in [4.69, 9.17) is 18.9 Å². The van der Waals surface area contributed by atoms with E-state index >= 15 is 0 Å². The van der Waals surface area contributed by atoms with E-state index in [1.165, 1.54) is 22.3 Å². The molecular weight excluding hydrogens is 751 g/mol. The van der Waals surface area contributed by atoms with E-state index in [-0.39, 0.29) is 47.4 Å². The number of nitrogens with zero attached hydrogens (tertiary/aromatic N) is 4. The van der Waals surface area contributed by atoms with E-state index in [2.05, 4.69) is 92.4 Å². The summed E-state index contributed by atoms with van der Waals surface area (Å²) in [6.07, 6.45) is 0. The molecule has 0 atom stereocenters. The molecule has 0 spiro atoms. The Morgan fingerprint density at radius 1 is 0.365 bits per heavy atom. The summed E-state index contributed by atoms with van der Waals surface area (Å²) >= 11 is 0. The van der Waals surface area contributed by atoms with Gasteiger partial charge in [-0.1, -0.05) is 72.8 Å². The zero-order chi connectivity index (χ0) is 33.6. The zero-order valence-corrected chi connectivity index (χ0v) is 33.2. The Morgan fingerprint density at radius 3 is 0.712 bits per heavy atom. The molecule has 0 aliphatic carbocycles. The fourth-order valence-corrected chi connectivity index (χ4v) is 6.51. The van der Waals surface area contributed by atoms with E-state index in [9.17, 15) is 0 Å². The van der Waals surface area contributed by atoms with Gasteiger partial charge in [-0.05, 0) is 24.3 Å². The first-order valence-corrected chi connectivity index (χ1v) is 17.0. The third-order valence-electron chi connectivity index (χ3n) is 9.28. The predicted octanol–water partition coefficient (Wildman–Crippen LogP) is -0.776. The van der Waals surface area contributed by atoms with Crippen molar-refractivity contribution >= 4 is 0 Å². The largest absolute Gasteiger partial charge is 2.00 e. The minimum absolute atomic E-state index is 0. The summed E-state index contributed by atoms with van der Waals surface area (Å²) in [6, 6.07) is 33.6. The van der Waals surface area contributed by atoms with Crippen LogP contribution in [0.2, 0.25) is 0 Å². The van der Waals surface area contributed by atoms with Crippen molar-refractivity contribution in [2.45, 2.75) is 26.2 Å². The first-order valence-electron chi connectivity index (χ1n) is 17.0. The van der Waals surface area contributed by atoms with E-state index in [0.29, 0.717) is 0 Å². The molecule has 289 valence electrons. The summed E-state index contributed by atoms with van der Waals surface area (Å²) in [5.74, 6) is 3.75. The Bertz CT molecular complexity index is 1330. The molecule has 0 aromatic heterocycles. The zero-order valence-electron chi connectivity index (χ0n) is 30.7. The number of para-hydroxylation sites is 4. The van der Waals surface area contributed by atoms with Crippen LogP contribution in [-0.4, -0.2) is 106 Å². The van der Waals surface area contributed by atoms with Gasteiger partial charge < -0.3 is 49.2 Å². The standard InChI is InChI=1S/C40H52N4O4.2ClH.Cu.H2O/c1-45-37-17-9-5-13-33(37)29-41-21-23-42(30-34-14-6-10-18-38(34)46-2)25-27-44(32-36-16-8-12-20-40(36)48-4)28-26-43(24-22-41)31-35-15-7-11-19-39(35)47-3;;;;/h5-20H,21-32H2,1-4H3;2*1H;;1H2/q;;;+2;/p-2. The molecule has 0 amide bonds. The van der Waals surface area contributed by atoms with Crippen molar-refractivity contribution in [3.05, 3.63) is 119 Å². The number of ether oxygens (including phenoxy) is 4. The average Bonchev–Trinajstić information content (AvgIpc) is 3.13. The summed E-state index contributed by atoms with van der Waals surface area (Å²) in [4.78, 5) is 10.3. The van der Waals surface area contributed by atoms with Crippen LogP contribution >= 0.6 is 0 Å². The Hall–Kier alpha value is -3.02. The maximum atomic E-state index is 5.76. The van der Waals surface area contributed by atoms with Gasteiger partial charge in [0.15, 0.2) is 0 Å². The summed E-state index contributed by atoms with van der Waals surface area (Å²) in [7, 11) is 7.04. The number of rotatable bonds is 12. The van der Waals surface area contributed by atoms with E-state index in [1.807, 2.05) is 24.3 Å². The Kier molecular flexibility index (Phi) is 22.7. The van der Waals surface area contributed by atoms with Gasteiger partial charge in [-0.2, -0.15) is 0 Å². The first-order chi connectivity index (χ1) is 23.6. The fourth-order valence-electron chi connectivity index (χ4n) is 6.51. The summed E-state index contributed by atoms with van der Waals surface area (Å²) in [5, 5.41) is 0. The molecule has 1 saturated heterocycles. The second kappa shape index (κ2) is 25.1. The van der Waals surface area contributed by atoms with Crippen molar-refractivity contribution in [1.29, 1.82) is 0 Å². The normalized spacial score (nSPS) is 14.8. The van der Waals surface area contributed by atoms with E-state index in [1.54, 1.807) is 28.4 Å². The van der Waals surface area contributed by atoms with Gasteiger partial charge in [0.1, 0.15) is 23.0 Å². The molecule has 0 bridgehead atoms. The molecule has 1 radical (unpaired) electrons. The topological polar surface area (TPSA) is 81.4 Å². The van der Waals surface area contributed by atoms with Crippen LogP contribution in [0, 0.1) is 0 Å². The number of benzene rings is 4. The molecule has 0 saturated carbocycles. The minimum atomic E-state index is 0. The van der Waals surface area contributed by atoms with Crippen LogP contribution in [0.3, 0.4) is 0 Å². The van der Waals surface area contributed by atoms with Gasteiger partial charge in [0.25, 0.3) is 0 Å². The van der Waals surface area contributed by atoms with Crippen molar-refractivity contribution in [3.63, 3.8) is 0 Å². The molecular formula is C40H54Cl2CuN4O5. The van der Waals surface area contributed by atoms with Crippen molar-refractivity contribution < 1.29 is 66.3 Å². The van der Waals surface area contributed by atoms with Gasteiger partial charge in [0.05, 0.1) is 28.4 Å². The van der Waals surface area contributed by atoms with Crippen LogP contribution < -0.4 is 43.8 Å². The average molecular weight is 805 g/mol. The molecule has 1 heterocycles. The third-order valence-corrected chi connectivity index (χ3v) is 9.28. The van der Waals surface area contributed by atoms with E-state index < -0.39 is 0 Å². The molecule has 52 heavy (non-hydrogen) atoms. The van der Waals surface area contributed by atoms with Crippen molar-refractivity contribution in [1.82, 2.24) is 19.6 Å². The van der Waals surface area contributed by atoms with Crippen molar-refractivity contribution in [3.8, 4) is 23.0 Å². The molecule has 1 fully saturated rings. The molecule has 2 N–H and O–H groups in total. The van der Waals surface area contributed by atoms with Crippen molar-refractivity contribution in [2.24, 2.45) is 0 Å². The smallest absolute Gasteiger partial charge is 1.00 e. The maximum Gasteiger partial charge on any atom is 2.00 e. The van der Waals surface area contributed by atoms with Gasteiger partial charge in [-0.15, -0.1) is 0 Å². The van der Waals surface area contributed by atoms with Crippen LogP contribution in [0.15, 0.2) is 97.1 Å². The molecule has 5 rings (SSSR count). The number of hydrogen-bond acceptors (Lipinski definition) is 8. The summed E-state index contributed by atoms with van der Waals surface area (Å²) in [6.45, 7) is 10.8. The van der Waals surface area contributed by atoms with Crippen LogP contribution in [0.25, 0.3) is 0 Å². The van der Waals surface area contributed by atoms with E-state index in [0.717, 1.165) is 102 Å². The quantitative estimate of drug-likeness (QED) is 0.173. The summed E-state index contributed by atoms with van der Waals surface area (Å²) < 4.78 is 23.1. The second-order valence-electron chi connectivity index (χ2n) is 12.4. The van der Waals surface area contributed by atoms with Gasteiger partial charge in [-0.25, -0.2) is 0 Å². The van der Waals surface area contributed by atoms with Crippen LogP contribution in [-0.2, 0) is 43.2 Å². The Labute approximate surface area is 333 Å².